The summed E-state index contributed by atoms with van der Waals surface area (Å²) in [7, 11) is 0. The molecule has 3 rings (SSSR count). The van der Waals surface area contributed by atoms with Crippen LogP contribution in [-0.2, 0) is 17.5 Å². The van der Waals surface area contributed by atoms with Crippen molar-refractivity contribution in [1.29, 1.82) is 0 Å². The third kappa shape index (κ3) is 3.04. The van der Waals surface area contributed by atoms with E-state index in [9.17, 15) is 36.2 Å². The summed E-state index contributed by atoms with van der Waals surface area (Å²) in [5.41, 5.74) is -5.02. The summed E-state index contributed by atoms with van der Waals surface area (Å²) >= 11 is 5.73. The average Bonchev–Trinajstić information content (AvgIpc) is 3.14. The summed E-state index contributed by atoms with van der Waals surface area (Å²) in [6.45, 7) is -0.975. The van der Waals surface area contributed by atoms with Crippen LogP contribution in [-0.4, -0.2) is 43.9 Å². The summed E-state index contributed by atoms with van der Waals surface area (Å²) in [6.07, 6.45) is -9.32. The number of hydrazone groups is 1. The quantitative estimate of drug-likeness (QED) is 0.788. The molecule has 0 radical (unpaired) electrons. The molecular weight excluding hydrogens is 394 g/mol. The van der Waals surface area contributed by atoms with E-state index in [4.69, 9.17) is 11.6 Å². The number of aliphatic hydroxyl groups is 1. The lowest BCUT2D eigenvalue weighted by molar-refractivity contribution is -0.302. The van der Waals surface area contributed by atoms with E-state index in [1.54, 1.807) is 0 Å². The van der Waals surface area contributed by atoms with Crippen LogP contribution in [0.15, 0.2) is 5.10 Å². The maximum Gasteiger partial charge on any atom is 0.438 e. The molecular formula is C13H11ClF6N4O2. The second kappa shape index (κ2) is 5.84. The molecule has 1 aromatic rings. The van der Waals surface area contributed by atoms with E-state index < -0.39 is 47.7 Å². The zero-order valence-electron chi connectivity index (χ0n) is 12.8. The largest absolute Gasteiger partial charge is 0.438 e. The van der Waals surface area contributed by atoms with Crippen molar-refractivity contribution in [3.05, 3.63) is 16.4 Å². The van der Waals surface area contributed by atoms with Gasteiger partial charge in [0.05, 0.1) is 10.7 Å². The van der Waals surface area contributed by atoms with Crippen molar-refractivity contribution >= 4 is 23.7 Å². The van der Waals surface area contributed by atoms with Crippen LogP contribution in [0.4, 0.5) is 26.3 Å². The lowest BCUT2D eigenvalue weighted by Crippen LogP contribution is -2.57. The highest BCUT2D eigenvalue weighted by molar-refractivity contribution is 6.32. The van der Waals surface area contributed by atoms with Crippen molar-refractivity contribution in [2.75, 3.05) is 0 Å². The van der Waals surface area contributed by atoms with Crippen molar-refractivity contribution in [1.82, 2.24) is 14.8 Å². The maximum absolute atomic E-state index is 13.0. The predicted octanol–water partition coefficient (Wildman–Crippen LogP) is 2.90. The first-order valence-electron chi connectivity index (χ1n) is 7.34. The SMILES string of the molecule is O=C(Cn1nc(C(F)(F)F)c(Cl)c1C1CC1)N1N=CC[C@@]1(O)C(F)(F)F. The van der Waals surface area contributed by atoms with Crippen LogP contribution in [0, 0.1) is 0 Å². The molecule has 0 aromatic carbocycles. The van der Waals surface area contributed by atoms with Gasteiger partial charge in [0, 0.05) is 18.6 Å². The second-order valence-corrected chi connectivity index (χ2v) is 6.38. The maximum atomic E-state index is 13.0. The first-order chi connectivity index (χ1) is 11.9. The number of halogens is 7. The monoisotopic (exact) mass is 404 g/mol. The van der Waals surface area contributed by atoms with Gasteiger partial charge in [0.25, 0.3) is 11.6 Å². The minimum atomic E-state index is -5.20. The molecule has 1 N–H and O–H groups in total. The van der Waals surface area contributed by atoms with Gasteiger partial charge in [-0.15, -0.1) is 0 Å². The van der Waals surface area contributed by atoms with Crippen molar-refractivity contribution in [2.24, 2.45) is 5.10 Å². The Kier molecular flexibility index (Phi) is 4.26. The molecule has 13 heteroatoms. The second-order valence-electron chi connectivity index (χ2n) is 6.00. The highest BCUT2D eigenvalue weighted by Gasteiger charge is 2.61. The molecule has 2 aliphatic rings. The Balaban J connectivity index is 1.92. The summed E-state index contributed by atoms with van der Waals surface area (Å²) in [5, 5.41) is 15.3. The molecule has 1 aliphatic carbocycles. The average molecular weight is 405 g/mol. The molecule has 0 saturated heterocycles. The highest BCUT2D eigenvalue weighted by Crippen LogP contribution is 2.47. The Hall–Kier alpha value is -1.82. The third-order valence-corrected chi connectivity index (χ3v) is 4.44. The zero-order valence-corrected chi connectivity index (χ0v) is 13.5. The minimum absolute atomic E-state index is 0.0638. The van der Waals surface area contributed by atoms with E-state index in [1.165, 1.54) is 0 Å². The van der Waals surface area contributed by atoms with E-state index in [2.05, 4.69) is 10.2 Å². The van der Waals surface area contributed by atoms with Gasteiger partial charge in [-0.25, -0.2) is 0 Å². The number of carbonyl (C=O) groups excluding carboxylic acids is 1. The molecule has 1 aliphatic heterocycles. The standard InChI is InChI=1S/C13H11ClF6N4O2/c14-8-9(6-1-2-6)23(22-10(8)12(15,16)17)5-7(25)24-11(26,3-4-21-24)13(18,19)20/h4,6,26H,1-3,5H2/t11-/m1/s1. The van der Waals surface area contributed by atoms with Crippen LogP contribution < -0.4 is 0 Å². The predicted molar refractivity (Wildman–Crippen MR) is 75.2 cm³/mol. The number of alkyl halides is 6. The number of amides is 1. The van der Waals surface area contributed by atoms with E-state index in [-0.39, 0.29) is 16.6 Å². The fourth-order valence-corrected chi connectivity index (χ4v) is 3.03. The number of hydrogen-bond donors (Lipinski definition) is 1. The highest BCUT2D eigenvalue weighted by atomic mass is 35.5. The van der Waals surface area contributed by atoms with E-state index in [0.29, 0.717) is 23.7 Å². The Morgan fingerprint density at radius 1 is 1.31 bits per heavy atom. The Morgan fingerprint density at radius 3 is 2.42 bits per heavy atom. The first kappa shape index (κ1) is 19.0. The molecule has 26 heavy (non-hydrogen) atoms. The van der Waals surface area contributed by atoms with Gasteiger partial charge >= 0.3 is 12.4 Å². The molecule has 0 bridgehead atoms. The van der Waals surface area contributed by atoms with Crippen LogP contribution in [0.2, 0.25) is 5.02 Å². The lowest BCUT2D eigenvalue weighted by atomic mass is 10.1. The normalized spacial score (nSPS) is 23.8. The molecule has 1 amide bonds. The van der Waals surface area contributed by atoms with Gasteiger partial charge in [-0.1, -0.05) is 11.6 Å². The van der Waals surface area contributed by atoms with Crippen molar-refractivity contribution in [3.63, 3.8) is 0 Å². The molecule has 1 fully saturated rings. The number of nitrogens with zero attached hydrogens (tertiary/aromatic N) is 4. The number of rotatable bonds is 3. The van der Waals surface area contributed by atoms with Gasteiger partial charge in [-0.3, -0.25) is 9.48 Å². The van der Waals surface area contributed by atoms with Gasteiger partial charge in [0.15, 0.2) is 5.69 Å². The zero-order chi connectivity index (χ0) is 19.5. The smallest absolute Gasteiger partial charge is 0.362 e. The van der Waals surface area contributed by atoms with Gasteiger partial charge < -0.3 is 5.11 Å². The van der Waals surface area contributed by atoms with Crippen LogP contribution in [0.1, 0.15) is 36.6 Å². The van der Waals surface area contributed by atoms with Crippen LogP contribution in [0.3, 0.4) is 0 Å². The van der Waals surface area contributed by atoms with Crippen molar-refractivity contribution in [2.45, 2.75) is 49.8 Å². The van der Waals surface area contributed by atoms with Crippen molar-refractivity contribution in [3.8, 4) is 0 Å². The van der Waals surface area contributed by atoms with E-state index in [0.717, 1.165) is 0 Å². The van der Waals surface area contributed by atoms with Gasteiger partial charge in [0.1, 0.15) is 6.54 Å². The topological polar surface area (TPSA) is 70.7 Å². The van der Waals surface area contributed by atoms with Crippen LogP contribution >= 0.6 is 11.6 Å². The van der Waals surface area contributed by atoms with E-state index in [1.807, 2.05) is 0 Å². The lowest BCUT2D eigenvalue weighted by Gasteiger charge is -2.32. The van der Waals surface area contributed by atoms with Gasteiger partial charge in [-0.05, 0) is 12.8 Å². The molecule has 6 nitrogen and oxygen atoms in total. The fourth-order valence-electron chi connectivity index (χ4n) is 2.63. The fraction of sp³-hybridized carbons (Fsp3) is 0.615. The summed E-state index contributed by atoms with van der Waals surface area (Å²) < 4.78 is 78.6. The molecule has 1 saturated carbocycles. The van der Waals surface area contributed by atoms with Crippen molar-refractivity contribution < 1.29 is 36.2 Å². The number of carbonyl (C=O) groups is 1. The van der Waals surface area contributed by atoms with Crippen LogP contribution in [0.5, 0.6) is 0 Å². The minimum Gasteiger partial charge on any atom is -0.362 e. The molecule has 1 atom stereocenters. The molecule has 0 unspecified atom stereocenters. The van der Waals surface area contributed by atoms with E-state index >= 15 is 0 Å². The Bertz CT molecular complexity index is 770. The van der Waals surface area contributed by atoms with Crippen LogP contribution in [0.25, 0.3) is 0 Å². The van der Waals surface area contributed by atoms with Gasteiger partial charge in [0.2, 0.25) is 0 Å². The molecule has 144 valence electrons. The first-order valence-corrected chi connectivity index (χ1v) is 7.72. The Labute approximate surface area is 147 Å². The number of hydrogen-bond acceptors (Lipinski definition) is 4. The molecule has 1 aromatic heterocycles. The number of aromatic nitrogens is 2. The van der Waals surface area contributed by atoms with Gasteiger partial charge in [-0.2, -0.15) is 41.6 Å². The summed E-state index contributed by atoms with van der Waals surface area (Å²) in [5.74, 6) is -1.73. The molecule has 2 heterocycles. The summed E-state index contributed by atoms with van der Waals surface area (Å²) in [4.78, 5) is 12.2. The Morgan fingerprint density at radius 2 is 1.92 bits per heavy atom. The third-order valence-electron chi connectivity index (χ3n) is 4.06. The molecule has 0 spiro atoms. The summed E-state index contributed by atoms with van der Waals surface area (Å²) in [6, 6.07) is 0.